The fourth-order valence-electron chi connectivity index (χ4n) is 7.70. The number of unbranched alkanes of at least 4 members (excludes halogenated alkanes) is 22. The number of aromatic nitrogens is 2. The van der Waals surface area contributed by atoms with Crippen molar-refractivity contribution in [3.05, 3.63) is 89.5 Å². The summed E-state index contributed by atoms with van der Waals surface area (Å²) in [6.07, 6.45) is 38.4. The summed E-state index contributed by atoms with van der Waals surface area (Å²) in [4.78, 5) is 0. The predicted molar refractivity (Wildman–Crippen MR) is 215 cm³/mol. The highest BCUT2D eigenvalue weighted by Crippen LogP contribution is 2.22. The molecule has 0 amide bonds. The summed E-state index contributed by atoms with van der Waals surface area (Å²) in [5.41, 5.74) is 4.42. The van der Waals surface area contributed by atoms with Gasteiger partial charge in [0, 0.05) is 6.42 Å². The Morgan fingerprint density at radius 1 is 0.510 bits per heavy atom. The van der Waals surface area contributed by atoms with Crippen molar-refractivity contribution in [3.8, 4) is 0 Å². The van der Waals surface area contributed by atoms with E-state index in [2.05, 4.69) is 96.8 Å². The van der Waals surface area contributed by atoms with Gasteiger partial charge in [-0.25, -0.2) is 9.13 Å². The minimum atomic E-state index is 0.515. The van der Waals surface area contributed by atoms with Gasteiger partial charge in [0.25, 0.3) is 5.82 Å². The van der Waals surface area contributed by atoms with Crippen LogP contribution in [0.1, 0.15) is 203 Å². The Balaban J connectivity index is 1.56. The van der Waals surface area contributed by atoms with E-state index in [9.17, 15) is 0 Å². The fourth-order valence-corrected chi connectivity index (χ4v) is 7.70. The number of aryl methyl sites for hydroxylation is 1. The normalized spacial score (nSPS) is 12.1. The molecule has 2 nitrogen and oxygen atoms in total. The molecule has 0 N–H and O–H groups in total. The number of imidazole rings is 1. The first-order chi connectivity index (χ1) is 24.2. The van der Waals surface area contributed by atoms with Crippen LogP contribution in [0, 0.1) is 0 Å². The standard InChI is InChI=1S/C47H77N2/c1-4-6-8-10-12-14-16-17-19-21-23-25-33-39-49-46(40-43(3)45-36-30-27-31-37-45)42-48(47(49)41-44-34-28-26-29-35-44)38-32-24-22-20-18-15-13-11-9-7-5-2/h26-31,34-37,42-43H,4-25,32-33,38-41H2,1-3H3/q+1. The summed E-state index contributed by atoms with van der Waals surface area (Å²) in [5.74, 6) is 2.04. The van der Waals surface area contributed by atoms with Crippen LogP contribution in [0.2, 0.25) is 0 Å². The molecule has 0 fully saturated rings. The zero-order valence-electron chi connectivity index (χ0n) is 32.6. The van der Waals surface area contributed by atoms with Crippen molar-refractivity contribution in [2.45, 2.75) is 207 Å². The van der Waals surface area contributed by atoms with Gasteiger partial charge in [0.1, 0.15) is 11.9 Å². The Morgan fingerprint density at radius 2 is 0.939 bits per heavy atom. The Labute approximate surface area is 304 Å². The average molecular weight is 670 g/mol. The van der Waals surface area contributed by atoms with E-state index in [1.54, 1.807) is 0 Å². The lowest BCUT2D eigenvalue weighted by Gasteiger charge is -2.12. The first kappa shape index (κ1) is 41.1. The Bertz CT molecular complexity index is 1160. The smallest absolute Gasteiger partial charge is 0.234 e. The number of hydrogen-bond donors (Lipinski definition) is 0. The van der Waals surface area contributed by atoms with E-state index < -0.39 is 0 Å². The van der Waals surface area contributed by atoms with Crippen LogP contribution in [0.4, 0.5) is 0 Å². The summed E-state index contributed by atoms with van der Waals surface area (Å²) in [6.45, 7) is 9.34. The maximum atomic E-state index is 2.75. The van der Waals surface area contributed by atoms with E-state index >= 15 is 0 Å². The molecule has 0 radical (unpaired) electrons. The molecule has 2 aromatic carbocycles. The maximum absolute atomic E-state index is 2.75. The highest BCUT2D eigenvalue weighted by Gasteiger charge is 2.25. The lowest BCUT2D eigenvalue weighted by Crippen LogP contribution is -2.41. The van der Waals surface area contributed by atoms with Gasteiger partial charge in [0.2, 0.25) is 0 Å². The highest BCUT2D eigenvalue weighted by molar-refractivity contribution is 5.21. The van der Waals surface area contributed by atoms with E-state index in [0.717, 1.165) is 25.9 Å². The molecule has 2 heteroatoms. The Hall–Kier alpha value is -2.35. The molecule has 1 heterocycles. The zero-order valence-corrected chi connectivity index (χ0v) is 32.6. The van der Waals surface area contributed by atoms with E-state index in [4.69, 9.17) is 0 Å². The second-order valence-corrected chi connectivity index (χ2v) is 15.3. The molecule has 3 rings (SSSR count). The van der Waals surface area contributed by atoms with Gasteiger partial charge in [-0.1, -0.05) is 210 Å². The lowest BCUT2D eigenvalue weighted by atomic mass is 9.96. The third-order valence-electron chi connectivity index (χ3n) is 10.9. The molecule has 0 aliphatic heterocycles. The molecule has 49 heavy (non-hydrogen) atoms. The van der Waals surface area contributed by atoms with Crippen molar-refractivity contribution in [2.24, 2.45) is 0 Å². The van der Waals surface area contributed by atoms with E-state index in [1.807, 2.05) is 0 Å². The van der Waals surface area contributed by atoms with Crippen LogP contribution < -0.4 is 4.57 Å². The number of hydrogen-bond acceptors (Lipinski definition) is 0. The molecule has 3 aromatic rings. The first-order valence-electron chi connectivity index (χ1n) is 21.4. The molecule has 0 aliphatic rings. The number of nitrogens with zero attached hydrogens (tertiary/aromatic N) is 2. The van der Waals surface area contributed by atoms with Gasteiger partial charge < -0.3 is 0 Å². The number of rotatable bonds is 31. The Kier molecular flexibility index (Phi) is 23.0. The summed E-state index contributed by atoms with van der Waals surface area (Å²) in [5, 5.41) is 0. The minimum Gasteiger partial charge on any atom is -0.234 e. The minimum absolute atomic E-state index is 0.515. The monoisotopic (exact) mass is 670 g/mol. The van der Waals surface area contributed by atoms with E-state index in [-0.39, 0.29) is 0 Å². The summed E-state index contributed by atoms with van der Waals surface area (Å²) in [7, 11) is 0. The maximum Gasteiger partial charge on any atom is 0.261 e. The largest absolute Gasteiger partial charge is 0.261 e. The van der Waals surface area contributed by atoms with Gasteiger partial charge in [0.05, 0.1) is 19.5 Å². The first-order valence-corrected chi connectivity index (χ1v) is 21.4. The quantitative estimate of drug-likeness (QED) is 0.0476. The van der Waals surface area contributed by atoms with Crippen molar-refractivity contribution in [3.63, 3.8) is 0 Å². The third-order valence-corrected chi connectivity index (χ3v) is 10.9. The summed E-state index contributed by atoms with van der Waals surface area (Å²) >= 11 is 0. The predicted octanol–water partition coefficient (Wildman–Crippen LogP) is 14.1. The van der Waals surface area contributed by atoms with Crippen LogP contribution >= 0.6 is 0 Å². The van der Waals surface area contributed by atoms with E-state index in [1.165, 1.54) is 177 Å². The third kappa shape index (κ3) is 17.9. The molecule has 1 unspecified atom stereocenters. The second kappa shape index (κ2) is 27.4. The van der Waals surface area contributed by atoms with Gasteiger partial charge in [-0.05, 0) is 42.7 Å². The van der Waals surface area contributed by atoms with Crippen molar-refractivity contribution in [1.82, 2.24) is 4.57 Å². The molecule has 0 saturated heterocycles. The van der Waals surface area contributed by atoms with Crippen LogP contribution in [0.25, 0.3) is 0 Å². The van der Waals surface area contributed by atoms with Gasteiger partial charge in [-0.3, -0.25) is 0 Å². The molecule has 1 atom stereocenters. The molecule has 0 aliphatic carbocycles. The van der Waals surface area contributed by atoms with Crippen LogP contribution in [0.5, 0.6) is 0 Å². The average Bonchev–Trinajstić information content (AvgIpc) is 3.44. The van der Waals surface area contributed by atoms with Gasteiger partial charge in [0.15, 0.2) is 0 Å². The van der Waals surface area contributed by atoms with Crippen LogP contribution in [0.3, 0.4) is 0 Å². The van der Waals surface area contributed by atoms with Crippen molar-refractivity contribution < 1.29 is 4.57 Å². The van der Waals surface area contributed by atoms with Crippen LogP contribution in [-0.4, -0.2) is 4.57 Å². The van der Waals surface area contributed by atoms with Crippen molar-refractivity contribution >= 4 is 0 Å². The molecule has 274 valence electrons. The van der Waals surface area contributed by atoms with Crippen molar-refractivity contribution in [2.75, 3.05) is 0 Å². The zero-order chi connectivity index (χ0) is 34.6. The lowest BCUT2D eigenvalue weighted by molar-refractivity contribution is -0.710. The summed E-state index contributed by atoms with van der Waals surface area (Å²) < 4.78 is 5.42. The second-order valence-electron chi connectivity index (χ2n) is 15.3. The van der Waals surface area contributed by atoms with Crippen molar-refractivity contribution in [1.29, 1.82) is 0 Å². The molecule has 0 bridgehead atoms. The van der Waals surface area contributed by atoms with Gasteiger partial charge in [-0.2, -0.15) is 0 Å². The summed E-state index contributed by atoms with van der Waals surface area (Å²) in [6, 6.07) is 22.4. The topological polar surface area (TPSA) is 8.81 Å². The van der Waals surface area contributed by atoms with Gasteiger partial charge >= 0.3 is 0 Å². The van der Waals surface area contributed by atoms with Gasteiger partial charge in [-0.15, -0.1) is 0 Å². The highest BCUT2D eigenvalue weighted by atomic mass is 15.2. The van der Waals surface area contributed by atoms with E-state index in [0.29, 0.717) is 5.92 Å². The van der Waals surface area contributed by atoms with Crippen LogP contribution in [0.15, 0.2) is 66.9 Å². The van der Waals surface area contributed by atoms with Crippen LogP contribution in [-0.2, 0) is 25.9 Å². The molecule has 0 saturated carbocycles. The SMILES string of the molecule is CCCCCCCCCCCCCCC[n+]1c(CC(C)c2ccccc2)cn(CCCCCCCCCCCCC)c1Cc1ccccc1. The molecule has 1 aromatic heterocycles. The fraction of sp³-hybridized carbons (Fsp3) is 0.681. The molecular weight excluding hydrogens is 593 g/mol. The Morgan fingerprint density at radius 3 is 1.43 bits per heavy atom. The molecule has 0 spiro atoms. The number of benzene rings is 2. The molecular formula is C47H77N2+.